The van der Waals surface area contributed by atoms with Crippen LogP contribution in [0.2, 0.25) is 0 Å². The molecule has 0 atom stereocenters. The molecule has 2 aromatic carbocycles. The van der Waals surface area contributed by atoms with Crippen LogP contribution < -0.4 is 0 Å². The van der Waals surface area contributed by atoms with Gasteiger partial charge in [-0.1, -0.05) is 56.6 Å². The molecule has 0 aliphatic heterocycles. The highest BCUT2D eigenvalue weighted by Gasteiger charge is 2.18. The lowest BCUT2D eigenvalue weighted by Gasteiger charge is -2.26. The van der Waals surface area contributed by atoms with Crippen LogP contribution in [0, 0.1) is 58.3 Å². The topological polar surface area (TPSA) is 0 Å². The molecule has 0 nitrogen and oxygen atoms in total. The zero-order valence-electron chi connectivity index (χ0n) is 18.7. The molecule has 1 aliphatic rings. The average Bonchev–Trinajstić information content (AvgIpc) is 2.65. The minimum Gasteiger partial charge on any atom is -0.0625 e. The minimum atomic E-state index is 0.935. The van der Waals surface area contributed by atoms with Gasteiger partial charge in [0.2, 0.25) is 0 Å². The second-order valence-corrected chi connectivity index (χ2v) is 9.25. The number of hydrogen-bond acceptors (Lipinski definition) is 0. The largest absolute Gasteiger partial charge is 0.0625 e. The lowest BCUT2D eigenvalue weighted by molar-refractivity contribution is 0.278. The van der Waals surface area contributed by atoms with Crippen molar-refractivity contribution < 1.29 is 0 Å². The Morgan fingerprint density at radius 2 is 1.32 bits per heavy atom. The average molecular weight is 373 g/mol. The molecule has 0 N–H and O–H groups in total. The first kappa shape index (κ1) is 20.7. The number of rotatable bonds is 3. The number of aryl methyl sites for hydroxylation is 5. The molecule has 1 saturated carbocycles. The Morgan fingerprint density at radius 3 is 1.89 bits per heavy atom. The van der Waals surface area contributed by atoms with E-state index >= 15 is 0 Å². The van der Waals surface area contributed by atoms with Gasteiger partial charge in [0, 0.05) is 11.1 Å². The van der Waals surface area contributed by atoms with Gasteiger partial charge in [0.1, 0.15) is 0 Å². The van der Waals surface area contributed by atoms with Gasteiger partial charge >= 0.3 is 0 Å². The lowest BCUT2D eigenvalue weighted by Crippen LogP contribution is -2.13. The molecule has 0 amide bonds. The van der Waals surface area contributed by atoms with Gasteiger partial charge in [-0.25, -0.2) is 0 Å². The summed E-state index contributed by atoms with van der Waals surface area (Å²) in [5, 5.41) is 0. The van der Waals surface area contributed by atoms with Gasteiger partial charge < -0.3 is 0 Å². The third-order valence-electron chi connectivity index (χ3n) is 6.83. The van der Waals surface area contributed by atoms with E-state index in [1.807, 2.05) is 0 Å². The van der Waals surface area contributed by atoms with E-state index in [0.717, 1.165) is 17.4 Å². The Balaban J connectivity index is 1.72. The fraction of sp³-hybridized carbons (Fsp3) is 0.500. The first-order valence-corrected chi connectivity index (χ1v) is 11.0. The van der Waals surface area contributed by atoms with Crippen molar-refractivity contribution >= 4 is 0 Å². The van der Waals surface area contributed by atoms with Crippen LogP contribution in [0.25, 0.3) is 0 Å². The summed E-state index contributed by atoms with van der Waals surface area (Å²) in [5.74, 6) is 8.75. The maximum atomic E-state index is 3.46. The summed E-state index contributed by atoms with van der Waals surface area (Å²) in [5.41, 5.74) is 10.5. The Hall–Kier alpha value is -2.00. The zero-order chi connectivity index (χ0) is 20.3. The highest BCUT2D eigenvalue weighted by molar-refractivity contribution is 5.53. The normalized spacial score (nSPS) is 19.2. The van der Waals surface area contributed by atoms with Gasteiger partial charge in [-0.2, -0.15) is 0 Å². The van der Waals surface area contributed by atoms with Gasteiger partial charge in [0.25, 0.3) is 0 Å². The number of benzene rings is 2. The second kappa shape index (κ2) is 9.00. The van der Waals surface area contributed by atoms with Gasteiger partial charge in [-0.15, -0.1) is 0 Å². The Bertz CT molecular complexity index is 849. The van der Waals surface area contributed by atoms with Gasteiger partial charge in [0.05, 0.1) is 0 Å². The van der Waals surface area contributed by atoms with E-state index in [4.69, 9.17) is 0 Å². The summed E-state index contributed by atoms with van der Waals surface area (Å²) >= 11 is 0. The fourth-order valence-corrected chi connectivity index (χ4v) is 4.63. The van der Waals surface area contributed by atoms with E-state index in [2.05, 4.69) is 77.6 Å². The third-order valence-corrected chi connectivity index (χ3v) is 6.83. The second-order valence-electron chi connectivity index (χ2n) is 9.25. The zero-order valence-corrected chi connectivity index (χ0v) is 18.7. The number of hydrogen-bond donors (Lipinski definition) is 0. The summed E-state index contributed by atoms with van der Waals surface area (Å²) in [6, 6.07) is 9.15. The van der Waals surface area contributed by atoms with Gasteiger partial charge in [-0.05, 0) is 105 Å². The van der Waals surface area contributed by atoms with Gasteiger partial charge in [0.15, 0.2) is 0 Å². The SMILES string of the molecule is Cc1cc(C#Cc2c(C)cc(CCC3CCC(C)CC3)cc2C)cc(C)c1C. The Kier molecular flexibility index (Phi) is 6.66. The van der Waals surface area contributed by atoms with E-state index in [-0.39, 0.29) is 0 Å². The monoisotopic (exact) mass is 372 g/mol. The summed E-state index contributed by atoms with van der Waals surface area (Å²) < 4.78 is 0. The van der Waals surface area contributed by atoms with Crippen molar-refractivity contribution in [3.8, 4) is 11.8 Å². The molecule has 0 bridgehead atoms. The fourth-order valence-electron chi connectivity index (χ4n) is 4.63. The first-order chi connectivity index (χ1) is 13.3. The van der Waals surface area contributed by atoms with E-state index < -0.39 is 0 Å². The highest BCUT2D eigenvalue weighted by Crippen LogP contribution is 2.31. The van der Waals surface area contributed by atoms with E-state index in [0.29, 0.717) is 0 Å². The molecular weight excluding hydrogens is 336 g/mol. The molecule has 0 heteroatoms. The van der Waals surface area contributed by atoms with E-state index in [9.17, 15) is 0 Å². The van der Waals surface area contributed by atoms with Crippen molar-refractivity contribution in [3.05, 3.63) is 68.8 Å². The van der Waals surface area contributed by atoms with E-state index in [1.54, 1.807) is 0 Å². The van der Waals surface area contributed by atoms with Crippen LogP contribution in [0.15, 0.2) is 24.3 Å². The van der Waals surface area contributed by atoms with Crippen LogP contribution >= 0.6 is 0 Å². The Morgan fingerprint density at radius 1 is 0.750 bits per heavy atom. The molecule has 0 spiro atoms. The van der Waals surface area contributed by atoms with Crippen LogP contribution in [0.4, 0.5) is 0 Å². The Labute approximate surface area is 172 Å². The summed E-state index contributed by atoms with van der Waals surface area (Å²) in [4.78, 5) is 0. The smallest absolute Gasteiger partial charge is 0.0307 e. The molecule has 3 rings (SSSR count). The molecule has 28 heavy (non-hydrogen) atoms. The molecule has 0 aromatic heterocycles. The maximum Gasteiger partial charge on any atom is 0.0307 e. The predicted octanol–water partition coefficient (Wildman–Crippen LogP) is 7.39. The molecule has 0 radical (unpaired) electrons. The molecule has 0 unspecified atom stereocenters. The van der Waals surface area contributed by atoms with Crippen molar-refractivity contribution in [3.63, 3.8) is 0 Å². The molecule has 1 aliphatic carbocycles. The molecular formula is C28H36. The van der Waals surface area contributed by atoms with Gasteiger partial charge in [-0.3, -0.25) is 0 Å². The predicted molar refractivity (Wildman–Crippen MR) is 122 cm³/mol. The quantitative estimate of drug-likeness (QED) is 0.493. The summed E-state index contributed by atoms with van der Waals surface area (Å²) in [6.45, 7) is 13.4. The minimum absolute atomic E-state index is 0.935. The lowest BCUT2D eigenvalue weighted by atomic mass is 9.80. The molecule has 1 fully saturated rings. The maximum absolute atomic E-state index is 3.46. The summed E-state index contributed by atoms with van der Waals surface area (Å²) in [6.07, 6.45) is 8.27. The van der Waals surface area contributed by atoms with Crippen LogP contribution in [0.3, 0.4) is 0 Å². The summed E-state index contributed by atoms with van der Waals surface area (Å²) in [7, 11) is 0. The highest BCUT2D eigenvalue weighted by atomic mass is 14.2. The van der Waals surface area contributed by atoms with Crippen molar-refractivity contribution in [2.45, 2.75) is 80.1 Å². The van der Waals surface area contributed by atoms with Crippen molar-refractivity contribution in [2.24, 2.45) is 11.8 Å². The van der Waals surface area contributed by atoms with Crippen molar-refractivity contribution in [2.75, 3.05) is 0 Å². The first-order valence-electron chi connectivity index (χ1n) is 11.0. The molecule has 0 heterocycles. The third kappa shape index (κ3) is 5.08. The van der Waals surface area contributed by atoms with Crippen LogP contribution in [-0.2, 0) is 6.42 Å². The molecule has 148 valence electrons. The van der Waals surface area contributed by atoms with Crippen molar-refractivity contribution in [1.29, 1.82) is 0 Å². The van der Waals surface area contributed by atoms with Crippen molar-refractivity contribution in [1.82, 2.24) is 0 Å². The standard InChI is InChI=1S/C28H36/c1-19-7-9-25(10-8-19)11-12-26-17-22(4)28(23(5)18-26)14-13-27-15-20(2)24(6)21(3)16-27/h15-19,25H,7-12H2,1-6H3. The van der Waals surface area contributed by atoms with Crippen LogP contribution in [-0.4, -0.2) is 0 Å². The van der Waals surface area contributed by atoms with E-state index in [1.165, 1.54) is 77.5 Å². The van der Waals surface area contributed by atoms with Crippen LogP contribution in [0.5, 0.6) is 0 Å². The molecule has 0 saturated heterocycles. The van der Waals surface area contributed by atoms with Crippen LogP contribution in [0.1, 0.15) is 83.5 Å². The molecule has 2 aromatic rings.